The van der Waals surface area contributed by atoms with Gasteiger partial charge in [-0.3, -0.25) is 0 Å². The SMILES string of the molecule is Oc1cccc(/C=C2/c3ccccc3CCc3cc(Cl)ccc32)c1. The number of hydrogen-bond acceptors (Lipinski definition) is 1. The number of benzene rings is 3. The maximum absolute atomic E-state index is 9.78. The second-order valence-electron chi connectivity index (χ2n) is 6.11. The van der Waals surface area contributed by atoms with Gasteiger partial charge < -0.3 is 5.11 Å². The van der Waals surface area contributed by atoms with Crippen LogP contribution in [0.3, 0.4) is 0 Å². The van der Waals surface area contributed by atoms with Gasteiger partial charge in [-0.1, -0.05) is 54.1 Å². The number of rotatable bonds is 1. The minimum absolute atomic E-state index is 0.280. The van der Waals surface area contributed by atoms with Gasteiger partial charge in [-0.25, -0.2) is 0 Å². The molecule has 0 amide bonds. The summed E-state index contributed by atoms with van der Waals surface area (Å²) in [7, 11) is 0. The fourth-order valence-corrected chi connectivity index (χ4v) is 3.58. The highest BCUT2D eigenvalue weighted by Crippen LogP contribution is 2.36. The number of aryl methyl sites for hydroxylation is 2. The fraction of sp³-hybridized carbons (Fsp3) is 0.0909. The van der Waals surface area contributed by atoms with Crippen LogP contribution in [0.15, 0.2) is 66.7 Å². The van der Waals surface area contributed by atoms with E-state index in [0.29, 0.717) is 0 Å². The summed E-state index contributed by atoms with van der Waals surface area (Å²) in [5.41, 5.74) is 7.25. The lowest BCUT2D eigenvalue weighted by Crippen LogP contribution is -1.92. The predicted octanol–water partition coefficient (Wildman–Crippen LogP) is 5.73. The third-order valence-electron chi connectivity index (χ3n) is 4.51. The van der Waals surface area contributed by atoms with E-state index in [0.717, 1.165) is 23.4 Å². The Morgan fingerprint density at radius 3 is 2.46 bits per heavy atom. The Morgan fingerprint density at radius 1 is 0.792 bits per heavy atom. The molecule has 4 rings (SSSR count). The van der Waals surface area contributed by atoms with Crippen LogP contribution in [0.5, 0.6) is 5.75 Å². The van der Waals surface area contributed by atoms with Gasteiger partial charge in [-0.15, -0.1) is 0 Å². The molecule has 1 aliphatic rings. The summed E-state index contributed by atoms with van der Waals surface area (Å²) in [5.74, 6) is 0.280. The van der Waals surface area contributed by atoms with Crippen LogP contribution in [0, 0.1) is 0 Å². The normalized spacial score (nSPS) is 14.8. The Balaban J connectivity index is 1.97. The largest absolute Gasteiger partial charge is 0.508 e. The summed E-state index contributed by atoms with van der Waals surface area (Å²) in [6.07, 6.45) is 4.13. The summed E-state index contributed by atoms with van der Waals surface area (Å²) in [5, 5.41) is 10.6. The van der Waals surface area contributed by atoms with Crippen molar-refractivity contribution in [3.63, 3.8) is 0 Å². The third-order valence-corrected chi connectivity index (χ3v) is 4.74. The number of hydrogen-bond donors (Lipinski definition) is 1. The van der Waals surface area contributed by atoms with E-state index in [-0.39, 0.29) is 5.75 Å². The van der Waals surface area contributed by atoms with E-state index in [9.17, 15) is 5.11 Å². The van der Waals surface area contributed by atoms with Crippen LogP contribution in [0.1, 0.15) is 27.8 Å². The number of phenols is 1. The Hall–Kier alpha value is -2.51. The molecule has 0 aliphatic heterocycles. The van der Waals surface area contributed by atoms with Crippen LogP contribution in [-0.2, 0) is 12.8 Å². The number of halogens is 1. The average molecular weight is 333 g/mol. The van der Waals surface area contributed by atoms with Gasteiger partial charge >= 0.3 is 0 Å². The zero-order chi connectivity index (χ0) is 16.5. The lowest BCUT2D eigenvalue weighted by molar-refractivity contribution is 0.475. The average Bonchev–Trinajstić information content (AvgIpc) is 2.73. The van der Waals surface area contributed by atoms with E-state index in [1.165, 1.54) is 27.8 Å². The highest BCUT2D eigenvalue weighted by atomic mass is 35.5. The van der Waals surface area contributed by atoms with Crippen molar-refractivity contribution in [2.75, 3.05) is 0 Å². The van der Waals surface area contributed by atoms with E-state index in [4.69, 9.17) is 11.6 Å². The molecule has 24 heavy (non-hydrogen) atoms. The molecule has 0 fully saturated rings. The third kappa shape index (κ3) is 2.83. The molecule has 0 atom stereocenters. The van der Waals surface area contributed by atoms with E-state index >= 15 is 0 Å². The summed E-state index contributed by atoms with van der Waals surface area (Å²) < 4.78 is 0. The van der Waals surface area contributed by atoms with E-state index in [1.807, 2.05) is 18.2 Å². The van der Waals surface area contributed by atoms with Crippen molar-refractivity contribution in [3.8, 4) is 5.75 Å². The molecule has 1 aliphatic carbocycles. The lowest BCUT2D eigenvalue weighted by Gasteiger charge is -2.12. The lowest BCUT2D eigenvalue weighted by atomic mass is 9.92. The molecule has 0 saturated carbocycles. The van der Waals surface area contributed by atoms with E-state index in [2.05, 4.69) is 42.5 Å². The summed E-state index contributed by atoms with van der Waals surface area (Å²) >= 11 is 6.22. The van der Waals surface area contributed by atoms with E-state index < -0.39 is 0 Å². The first kappa shape index (κ1) is 15.0. The molecule has 0 bridgehead atoms. The molecule has 0 aromatic heterocycles. The Kier molecular flexibility index (Phi) is 3.87. The Labute approximate surface area is 146 Å². The summed E-state index contributed by atoms with van der Waals surface area (Å²) in [6, 6.07) is 22.0. The molecule has 0 unspecified atom stereocenters. The summed E-state index contributed by atoms with van der Waals surface area (Å²) in [6.45, 7) is 0. The second-order valence-corrected chi connectivity index (χ2v) is 6.55. The molecule has 0 heterocycles. The number of fused-ring (bicyclic) bond motifs is 2. The first-order valence-electron chi connectivity index (χ1n) is 8.08. The van der Waals surface area contributed by atoms with Gasteiger partial charge in [0.15, 0.2) is 0 Å². The first-order chi connectivity index (χ1) is 11.7. The van der Waals surface area contributed by atoms with Crippen molar-refractivity contribution < 1.29 is 5.11 Å². The molecule has 0 spiro atoms. The van der Waals surface area contributed by atoms with Crippen molar-refractivity contribution in [2.24, 2.45) is 0 Å². The van der Waals surface area contributed by atoms with Gasteiger partial charge in [0.2, 0.25) is 0 Å². The first-order valence-corrected chi connectivity index (χ1v) is 8.46. The monoisotopic (exact) mass is 332 g/mol. The van der Waals surface area contributed by atoms with Crippen LogP contribution >= 0.6 is 11.6 Å². The molecular formula is C22H17ClO. The van der Waals surface area contributed by atoms with Gasteiger partial charge in [0.05, 0.1) is 0 Å². The zero-order valence-electron chi connectivity index (χ0n) is 13.2. The zero-order valence-corrected chi connectivity index (χ0v) is 13.9. The quantitative estimate of drug-likeness (QED) is 0.603. The van der Waals surface area contributed by atoms with Crippen LogP contribution in [-0.4, -0.2) is 5.11 Å². The van der Waals surface area contributed by atoms with Crippen molar-refractivity contribution >= 4 is 23.3 Å². The molecule has 2 heteroatoms. The number of aromatic hydroxyl groups is 1. The maximum Gasteiger partial charge on any atom is 0.116 e. The maximum atomic E-state index is 9.78. The highest BCUT2D eigenvalue weighted by Gasteiger charge is 2.18. The molecule has 3 aromatic rings. The van der Waals surface area contributed by atoms with Crippen molar-refractivity contribution in [1.82, 2.24) is 0 Å². The van der Waals surface area contributed by atoms with Gasteiger partial charge in [0.25, 0.3) is 0 Å². The summed E-state index contributed by atoms with van der Waals surface area (Å²) in [4.78, 5) is 0. The Bertz CT molecular complexity index is 940. The molecule has 118 valence electrons. The smallest absolute Gasteiger partial charge is 0.116 e. The molecule has 1 N–H and O–H groups in total. The predicted molar refractivity (Wildman–Crippen MR) is 100 cm³/mol. The topological polar surface area (TPSA) is 20.2 Å². The van der Waals surface area contributed by atoms with Gasteiger partial charge in [0, 0.05) is 5.02 Å². The van der Waals surface area contributed by atoms with Gasteiger partial charge in [-0.2, -0.15) is 0 Å². The van der Waals surface area contributed by atoms with Crippen molar-refractivity contribution in [1.29, 1.82) is 0 Å². The molecular weight excluding hydrogens is 316 g/mol. The fourth-order valence-electron chi connectivity index (χ4n) is 3.38. The second kappa shape index (κ2) is 6.18. The number of phenolic OH excluding ortho intramolecular Hbond substituents is 1. The van der Waals surface area contributed by atoms with Crippen LogP contribution in [0.2, 0.25) is 5.02 Å². The Morgan fingerprint density at radius 2 is 1.58 bits per heavy atom. The molecule has 3 aromatic carbocycles. The van der Waals surface area contributed by atoms with Crippen molar-refractivity contribution in [2.45, 2.75) is 12.8 Å². The van der Waals surface area contributed by atoms with Crippen LogP contribution in [0.4, 0.5) is 0 Å². The minimum Gasteiger partial charge on any atom is -0.508 e. The van der Waals surface area contributed by atoms with Crippen molar-refractivity contribution in [3.05, 3.63) is 99.6 Å². The highest BCUT2D eigenvalue weighted by molar-refractivity contribution is 6.30. The van der Waals surface area contributed by atoms with E-state index in [1.54, 1.807) is 12.1 Å². The molecule has 1 nitrogen and oxygen atoms in total. The van der Waals surface area contributed by atoms with Gasteiger partial charge in [-0.05, 0) is 76.6 Å². The van der Waals surface area contributed by atoms with Gasteiger partial charge in [0.1, 0.15) is 5.75 Å². The molecule has 0 saturated heterocycles. The van der Waals surface area contributed by atoms with Crippen LogP contribution in [0.25, 0.3) is 11.6 Å². The standard InChI is InChI=1S/C22H17ClO/c23-18-10-11-21-17(14-18)9-8-16-5-1-2-7-20(16)22(21)13-15-4-3-6-19(24)12-15/h1-7,10-14,24H,8-9H2/b22-13-. The molecule has 0 radical (unpaired) electrons. The minimum atomic E-state index is 0.280. The van der Waals surface area contributed by atoms with Crippen LogP contribution < -0.4 is 0 Å².